The molecule has 4 aromatic rings. The molecule has 206 valence electrons. The standard InChI is InChI=1S/C29H35N5O4S/c1-19-23(21-7-5-6-8-22(21)37-19)25-26-24(30-27(31-25)33-13-15-36-16-14-33)20(18-39-26)17-32-9-11-34(12-10-32)28(35)38-29(2,3)4/h5-8,18H,9-17H2,1-4H3. The second kappa shape index (κ2) is 10.4. The van der Waals surface area contributed by atoms with Crippen LogP contribution in [0.1, 0.15) is 32.1 Å². The molecule has 0 spiro atoms. The molecule has 2 aliphatic rings. The summed E-state index contributed by atoms with van der Waals surface area (Å²) < 4.78 is 18.4. The normalized spacial score (nSPS) is 17.3. The Labute approximate surface area is 232 Å². The summed E-state index contributed by atoms with van der Waals surface area (Å²) in [7, 11) is 0. The molecule has 6 rings (SSSR count). The molecule has 2 fully saturated rings. The largest absolute Gasteiger partial charge is 0.461 e. The lowest BCUT2D eigenvalue weighted by Crippen LogP contribution is -2.49. The van der Waals surface area contributed by atoms with Gasteiger partial charge in [-0.1, -0.05) is 18.2 Å². The highest BCUT2D eigenvalue weighted by Crippen LogP contribution is 2.41. The van der Waals surface area contributed by atoms with E-state index in [0.29, 0.717) is 26.3 Å². The molecule has 39 heavy (non-hydrogen) atoms. The van der Waals surface area contributed by atoms with E-state index in [1.54, 1.807) is 16.2 Å². The maximum absolute atomic E-state index is 12.5. The summed E-state index contributed by atoms with van der Waals surface area (Å²) in [6.45, 7) is 14.2. The Balaban J connectivity index is 1.32. The minimum absolute atomic E-state index is 0.238. The number of aryl methyl sites for hydroxylation is 1. The number of para-hydroxylation sites is 1. The monoisotopic (exact) mass is 549 g/mol. The number of nitrogens with zero attached hydrogens (tertiary/aromatic N) is 5. The minimum Gasteiger partial charge on any atom is -0.461 e. The number of anilines is 1. The van der Waals surface area contributed by atoms with Gasteiger partial charge in [0, 0.05) is 56.8 Å². The predicted octanol–water partition coefficient (Wildman–Crippen LogP) is 5.30. The first-order valence-electron chi connectivity index (χ1n) is 13.6. The van der Waals surface area contributed by atoms with E-state index in [1.165, 1.54) is 5.56 Å². The zero-order chi connectivity index (χ0) is 27.1. The number of piperazine rings is 1. The van der Waals surface area contributed by atoms with Crippen molar-refractivity contribution in [1.29, 1.82) is 0 Å². The molecule has 0 saturated carbocycles. The van der Waals surface area contributed by atoms with Gasteiger partial charge < -0.3 is 23.7 Å². The van der Waals surface area contributed by atoms with Crippen LogP contribution in [0.5, 0.6) is 0 Å². The molecule has 2 aliphatic heterocycles. The van der Waals surface area contributed by atoms with E-state index in [9.17, 15) is 4.79 Å². The van der Waals surface area contributed by atoms with E-state index in [2.05, 4.69) is 21.2 Å². The lowest BCUT2D eigenvalue weighted by atomic mass is 10.1. The first-order chi connectivity index (χ1) is 18.8. The zero-order valence-corrected chi connectivity index (χ0v) is 23.8. The van der Waals surface area contributed by atoms with Crippen molar-refractivity contribution in [2.24, 2.45) is 0 Å². The Morgan fingerprint density at radius 3 is 2.54 bits per heavy atom. The van der Waals surface area contributed by atoms with Gasteiger partial charge in [0.1, 0.15) is 16.9 Å². The Morgan fingerprint density at radius 1 is 1.05 bits per heavy atom. The summed E-state index contributed by atoms with van der Waals surface area (Å²) in [4.78, 5) is 29.2. The van der Waals surface area contributed by atoms with Crippen molar-refractivity contribution in [1.82, 2.24) is 19.8 Å². The number of aromatic nitrogens is 2. The highest BCUT2D eigenvalue weighted by Gasteiger charge is 2.28. The zero-order valence-electron chi connectivity index (χ0n) is 23.0. The first kappa shape index (κ1) is 26.0. The Kier molecular flexibility index (Phi) is 6.95. The van der Waals surface area contributed by atoms with Gasteiger partial charge in [0.05, 0.1) is 34.7 Å². The van der Waals surface area contributed by atoms with Crippen LogP contribution in [0.3, 0.4) is 0 Å². The van der Waals surface area contributed by atoms with Gasteiger partial charge >= 0.3 is 6.09 Å². The van der Waals surface area contributed by atoms with E-state index in [0.717, 1.165) is 76.9 Å². The predicted molar refractivity (Wildman–Crippen MR) is 153 cm³/mol. The Hall–Kier alpha value is -3.21. The summed E-state index contributed by atoms with van der Waals surface area (Å²) in [6.07, 6.45) is -0.238. The molecule has 0 aliphatic carbocycles. The number of furan rings is 1. The average Bonchev–Trinajstić information content (AvgIpc) is 3.48. The molecule has 0 bridgehead atoms. The molecular formula is C29H35N5O4S. The van der Waals surface area contributed by atoms with Gasteiger partial charge in [-0.3, -0.25) is 4.90 Å². The molecule has 0 atom stereocenters. The van der Waals surface area contributed by atoms with Crippen molar-refractivity contribution in [3.05, 3.63) is 41.0 Å². The molecule has 5 heterocycles. The molecule has 9 nitrogen and oxygen atoms in total. The Bertz CT molecular complexity index is 1490. The van der Waals surface area contributed by atoms with E-state index >= 15 is 0 Å². The summed E-state index contributed by atoms with van der Waals surface area (Å²) in [6, 6.07) is 8.14. The quantitative estimate of drug-likeness (QED) is 0.339. The highest BCUT2D eigenvalue weighted by atomic mass is 32.1. The van der Waals surface area contributed by atoms with Crippen LogP contribution < -0.4 is 4.90 Å². The third-order valence-electron chi connectivity index (χ3n) is 7.20. The number of rotatable bonds is 4. The fraction of sp³-hybridized carbons (Fsp3) is 0.483. The number of carbonyl (C=O) groups is 1. The number of carbonyl (C=O) groups excluding carboxylic acids is 1. The maximum Gasteiger partial charge on any atom is 0.410 e. The van der Waals surface area contributed by atoms with Crippen LogP contribution in [0.2, 0.25) is 0 Å². The number of hydrogen-bond donors (Lipinski definition) is 0. The fourth-order valence-corrected chi connectivity index (χ4v) is 6.25. The third-order valence-corrected chi connectivity index (χ3v) is 8.22. The summed E-state index contributed by atoms with van der Waals surface area (Å²) in [5.41, 5.74) is 4.51. The minimum atomic E-state index is -0.488. The van der Waals surface area contributed by atoms with Crippen molar-refractivity contribution >= 4 is 44.6 Å². The lowest BCUT2D eigenvalue weighted by Gasteiger charge is -2.35. The molecule has 3 aromatic heterocycles. The number of fused-ring (bicyclic) bond motifs is 2. The van der Waals surface area contributed by atoms with Crippen LogP contribution in [0.15, 0.2) is 34.1 Å². The number of amides is 1. The second-order valence-corrected chi connectivity index (χ2v) is 12.1. The second-order valence-electron chi connectivity index (χ2n) is 11.2. The van der Waals surface area contributed by atoms with Gasteiger partial charge in [-0.05, 0) is 39.1 Å². The van der Waals surface area contributed by atoms with Gasteiger partial charge in [-0.25, -0.2) is 14.8 Å². The Morgan fingerprint density at radius 2 is 1.79 bits per heavy atom. The smallest absolute Gasteiger partial charge is 0.410 e. The number of hydrogen-bond acceptors (Lipinski definition) is 9. The number of morpholine rings is 1. The van der Waals surface area contributed by atoms with Gasteiger partial charge in [-0.15, -0.1) is 11.3 Å². The first-order valence-corrected chi connectivity index (χ1v) is 14.4. The molecule has 1 aromatic carbocycles. The molecule has 1 amide bonds. The maximum atomic E-state index is 12.5. The highest BCUT2D eigenvalue weighted by molar-refractivity contribution is 7.17. The van der Waals surface area contributed by atoms with Gasteiger partial charge in [-0.2, -0.15) is 0 Å². The van der Waals surface area contributed by atoms with Crippen molar-refractivity contribution < 1.29 is 18.7 Å². The van der Waals surface area contributed by atoms with E-state index in [-0.39, 0.29) is 6.09 Å². The van der Waals surface area contributed by atoms with Crippen molar-refractivity contribution in [3.63, 3.8) is 0 Å². The number of ether oxygens (including phenoxy) is 2. The van der Waals surface area contributed by atoms with Crippen molar-refractivity contribution in [2.45, 2.75) is 39.8 Å². The number of benzene rings is 1. The molecular weight excluding hydrogens is 514 g/mol. The van der Waals surface area contributed by atoms with Gasteiger partial charge in [0.25, 0.3) is 0 Å². The van der Waals surface area contributed by atoms with Crippen LogP contribution in [0, 0.1) is 6.92 Å². The lowest BCUT2D eigenvalue weighted by molar-refractivity contribution is 0.0139. The number of thiophene rings is 1. The molecule has 0 N–H and O–H groups in total. The summed E-state index contributed by atoms with van der Waals surface area (Å²) >= 11 is 1.69. The third kappa shape index (κ3) is 5.33. The molecule has 10 heteroatoms. The van der Waals surface area contributed by atoms with Crippen LogP contribution in [-0.2, 0) is 16.0 Å². The average molecular weight is 550 g/mol. The molecule has 2 saturated heterocycles. The molecule has 0 radical (unpaired) electrons. The van der Waals surface area contributed by atoms with Crippen LogP contribution in [0.4, 0.5) is 10.7 Å². The van der Waals surface area contributed by atoms with Gasteiger partial charge in [0.15, 0.2) is 0 Å². The van der Waals surface area contributed by atoms with E-state index < -0.39 is 5.60 Å². The van der Waals surface area contributed by atoms with Gasteiger partial charge in [0.2, 0.25) is 5.95 Å². The van der Waals surface area contributed by atoms with Crippen LogP contribution >= 0.6 is 11.3 Å². The molecule has 0 unspecified atom stereocenters. The topological polar surface area (TPSA) is 84.2 Å². The van der Waals surface area contributed by atoms with E-state index in [1.807, 2.05) is 45.9 Å². The summed E-state index contributed by atoms with van der Waals surface area (Å²) in [5, 5.41) is 3.28. The van der Waals surface area contributed by atoms with Crippen molar-refractivity contribution in [3.8, 4) is 11.3 Å². The summed E-state index contributed by atoms with van der Waals surface area (Å²) in [5.74, 6) is 1.59. The fourth-order valence-electron chi connectivity index (χ4n) is 5.26. The van der Waals surface area contributed by atoms with Crippen LogP contribution in [-0.4, -0.2) is 83.9 Å². The van der Waals surface area contributed by atoms with Crippen molar-refractivity contribution in [2.75, 3.05) is 57.4 Å². The van der Waals surface area contributed by atoms with Crippen LogP contribution in [0.25, 0.3) is 32.4 Å². The van der Waals surface area contributed by atoms with E-state index in [4.69, 9.17) is 23.9 Å². The SMILES string of the molecule is Cc1oc2ccccc2c1-c1nc(N2CCOCC2)nc2c(CN3CCN(C(=O)OC(C)(C)C)CC3)csc12.